The van der Waals surface area contributed by atoms with Crippen LogP contribution in [-0.2, 0) is 6.42 Å². The highest BCUT2D eigenvalue weighted by Gasteiger charge is 2.38. The molecule has 1 saturated heterocycles. The van der Waals surface area contributed by atoms with Gasteiger partial charge in [0, 0.05) is 17.1 Å². The van der Waals surface area contributed by atoms with Crippen LogP contribution in [0.2, 0.25) is 0 Å². The topological polar surface area (TPSA) is 91.1 Å². The van der Waals surface area contributed by atoms with Gasteiger partial charge in [-0.2, -0.15) is 0 Å². The average Bonchev–Trinajstić information content (AvgIpc) is 3.15. The van der Waals surface area contributed by atoms with Gasteiger partial charge in [-0.3, -0.25) is 0 Å². The van der Waals surface area contributed by atoms with E-state index in [-0.39, 0.29) is 29.2 Å². The molecule has 7 nitrogen and oxygen atoms in total. The third-order valence-corrected chi connectivity index (χ3v) is 6.17. The maximum atomic E-state index is 13.1. The third kappa shape index (κ3) is 5.85. The second-order valence-electron chi connectivity index (χ2n) is 10.4. The Balaban J connectivity index is 1.53. The molecule has 0 spiro atoms. The molecule has 33 heavy (non-hydrogen) atoms. The Kier molecular flexibility index (Phi) is 6.34. The Labute approximate surface area is 195 Å². The first kappa shape index (κ1) is 23.1. The molecule has 0 saturated carbocycles. The van der Waals surface area contributed by atoms with Crippen LogP contribution in [-0.4, -0.2) is 40.2 Å². The van der Waals surface area contributed by atoms with Gasteiger partial charge < -0.3 is 25.7 Å². The summed E-state index contributed by atoms with van der Waals surface area (Å²) in [4.78, 5) is 21.3. The Bertz CT molecular complexity index is 1050. The van der Waals surface area contributed by atoms with Crippen molar-refractivity contribution in [3.63, 3.8) is 0 Å². The number of imidazole rings is 1. The van der Waals surface area contributed by atoms with Crippen molar-refractivity contribution in [3.05, 3.63) is 59.9 Å². The minimum absolute atomic E-state index is 0.0407. The SMILES string of the molecule is COc1ccc(CC(NC(=O)NC2CC(C)(C)NC(C)(C)C2)c2nc3ccccc3[nH]2)cc1. The van der Waals surface area contributed by atoms with Crippen LogP contribution < -0.4 is 20.7 Å². The van der Waals surface area contributed by atoms with Gasteiger partial charge in [-0.05, 0) is 76.8 Å². The zero-order chi connectivity index (χ0) is 23.6. The average molecular weight is 450 g/mol. The van der Waals surface area contributed by atoms with Gasteiger partial charge >= 0.3 is 6.03 Å². The zero-order valence-electron chi connectivity index (χ0n) is 20.2. The lowest BCUT2D eigenvalue weighted by Gasteiger charge is -2.46. The van der Waals surface area contributed by atoms with Crippen molar-refractivity contribution in [3.8, 4) is 5.75 Å². The number of nitrogens with one attached hydrogen (secondary N) is 4. The van der Waals surface area contributed by atoms with E-state index in [9.17, 15) is 4.79 Å². The summed E-state index contributed by atoms with van der Waals surface area (Å²) >= 11 is 0. The van der Waals surface area contributed by atoms with Gasteiger partial charge in [-0.15, -0.1) is 0 Å². The van der Waals surface area contributed by atoms with Gasteiger partial charge in [-0.25, -0.2) is 9.78 Å². The van der Waals surface area contributed by atoms with Crippen molar-refractivity contribution in [1.29, 1.82) is 0 Å². The normalized spacial score (nSPS) is 18.6. The molecule has 1 aliphatic rings. The second kappa shape index (κ2) is 9.06. The summed E-state index contributed by atoms with van der Waals surface area (Å²) in [7, 11) is 1.65. The van der Waals surface area contributed by atoms with Gasteiger partial charge in [0.15, 0.2) is 0 Å². The van der Waals surface area contributed by atoms with E-state index in [1.54, 1.807) is 7.11 Å². The quantitative estimate of drug-likeness (QED) is 0.447. The Hall–Kier alpha value is -3.06. The number of hydrogen-bond donors (Lipinski definition) is 4. The van der Waals surface area contributed by atoms with E-state index in [1.807, 2.05) is 48.5 Å². The van der Waals surface area contributed by atoms with Crippen LogP contribution in [0.3, 0.4) is 0 Å². The number of aromatic amines is 1. The van der Waals surface area contributed by atoms with E-state index in [4.69, 9.17) is 9.72 Å². The highest BCUT2D eigenvalue weighted by atomic mass is 16.5. The molecule has 176 valence electrons. The van der Waals surface area contributed by atoms with E-state index in [1.165, 1.54) is 0 Å². The van der Waals surface area contributed by atoms with Crippen LogP contribution in [0, 0.1) is 0 Å². The number of amides is 2. The van der Waals surface area contributed by atoms with E-state index in [0.29, 0.717) is 6.42 Å². The molecule has 1 aromatic heterocycles. The molecule has 3 aromatic rings. The number of nitrogens with zero attached hydrogens (tertiary/aromatic N) is 1. The molecule has 0 aliphatic carbocycles. The van der Waals surface area contributed by atoms with Crippen LogP contribution in [0.1, 0.15) is 58.0 Å². The minimum atomic E-state index is -0.298. The predicted octanol–water partition coefficient (Wildman–Crippen LogP) is 4.46. The largest absolute Gasteiger partial charge is 0.497 e. The number of aromatic nitrogens is 2. The van der Waals surface area contributed by atoms with Gasteiger partial charge in [0.2, 0.25) is 0 Å². The summed E-state index contributed by atoms with van der Waals surface area (Å²) in [5.74, 6) is 1.55. The summed E-state index contributed by atoms with van der Waals surface area (Å²) in [5, 5.41) is 10.1. The van der Waals surface area contributed by atoms with Gasteiger partial charge in [0.25, 0.3) is 0 Å². The molecular weight excluding hydrogens is 414 g/mol. The Morgan fingerprint density at radius 1 is 1.09 bits per heavy atom. The molecule has 2 amide bonds. The summed E-state index contributed by atoms with van der Waals surface area (Å²) in [6, 6.07) is 15.4. The standard InChI is InChI=1S/C26H35N5O2/c1-25(2)15-18(16-26(3,4)31-25)27-24(32)30-22(14-17-10-12-19(33-5)13-11-17)23-28-20-8-6-7-9-21(20)29-23/h6-13,18,22,31H,14-16H2,1-5H3,(H,28,29)(H2,27,30,32). The molecule has 4 rings (SSSR count). The van der Waals surface area contributed by atoms with E-state index < -0.39 is 0 Å². The highest BCUT2D eigenvalue weighted by molar-refractivity contribution is 5.76. The molecule has 2 heterocycles. The lowest BCUT2D eigenvalue weighted by Crippen LogP contribution is -2.62. The van der Waals surface area contributed by atoms with Crippen molar-refractivity contribution in [2.75, 3.05) is 7.11 Å². The van der Waals surface area contributed by atoms with Crippen molar-refractivity contribution >= 4 is 17.1 Å². The molecule has 1 atom stereocenters. The molecule has 1 unspecified atom stereocenters. The first-order valence-electron chi connectivity index (χ1n) is 11.6. The Morgan fingerprint density at radius 2 is 1.76 bits per heavy atom. The number of rotatable bonds is 6. The van der Waals surface area contributed by atoms with Crippen LogP contribution >= 0.6 is 0 Å². The van der Waals surface area contributed by atoms with Gasteiger partial charge in [0.05, 0.1) is 24.2 Å². The van der Waals surface area contributed by atoms with E-state index >= 15 is 0 Å². The third-order valence-electron chi connectivity index (χ3n) is 6.17. The molecule has 7 heteroatoms. The van der Waals surface area contributed by atoms with Crippen molar-refractivity contribution < 1.29 is 9.53 Å². The first-order valence-corrected chi connectivity index (χ1v) is 11.6. The molecule has 1 fully saturated rings. The summed E-state index contributed by atoms with van der Waals surface area (Å²) in [6.07, 6.45) is 2.36. The maximum Gasteiger partial charge on any atom is 0.315 e. The van der Waals surface area contributed by atoms with Crippen molar-refractivity contribution in [2.45, 2.75) is 70.1 Å². The number of methoxy groups -OCH3 is 1. The number of H-pyrrole nitrogens is 1. The van der Waals surface area contributed by atoms with Crippen molar-refractivity contribution in [2.24, 2.45) is 0 Å². The van der Waals surface area contributed by atoms with Crippen LogP contribution in [0.15, 0.2) is 48.5 Å². The number of benzene rings is 2. The van der Waals surface area contributed by atoms with E-state index in [0.717, 1.165) is 41.0 Å². The molecule has 2 aromatic carbocycles. The number of urea groups is 1. The fourth-order valence-corrected chi connectivity index (χ4v) is 5.16. The predicted molar refractivity (Wildman–Crippen MR) is 132 cm³/mol. The fourth-order valence-electron chi connectivity index (χ4n) is 5.16. The monoisotopic (exact) mass is 449 g/mol. The van der Waals surface area contributed by atoms with Crippen LogP contribution in [0.25, 0.3) is 11.0 Å². The molecule has 0 radical (unpaired) electrons. The summed E-state index contributed by atoms with van der Waals surface area (Å²) < 4.78 is 5.28. The molecular formula is C26H35N5O2. The lowest BCUT2D eigenvalue weighted by molar-refractivity contribution is 0.147. The van der Waals surface area contributed by atoms with Crippen LogP contribution in [0.5, 0.6) is 5.75 Å². The second-order valence-corrected chi connectivity index (χ2v) is 10.4. The fraction of sp³-hybridized carbons (Fsp3) is 0.462. The summed E-state index contributed by atoms with van der Waals surface area (Å²) in [6.45, 7) is 8.73. The van der Waals surface area contributed by atoms with Crippen molar-refractivity contribution in [1.82, 2.24) is 25.9 Å². The number of ether oxygens (including phenoxy) is 1. The number of hydrogen-bond acceptors (Lipinski definition) is 4. The van der Waals surface area contributed by atoms with Gasteiger partial charge in [0.1, 0.15) is 11.6 Å². The number of carbonyl (C=O) groups excluding carboxylic acids is 1. The number of fused-ring (bicyclic) bond motifs is 1. The molecule has 1 aliphatic heterocycles. The zero-order valence-corrected chi connectivity index (χ0v) is 20.2. The summed E-state index contributed by atoms with van der Waals surface area (Å²) in [5.41, 5.74) is 2.85. The molecule has 0 bridgehead atoms. The van der Waals surface area contributed by atoms with E-state index in [2.05, 4.69) is 48.6 Å². The number of para-hydroxylation sites is 2. The first-order chi connectivity index (χ1) is 15.6. The number of carbonyl (C=O) groups is 1. The van der Waals surface area contributed by atoms with Crippen LogP contribution in [0.4, 0.5) is 4.79 Å². The molecule has 4 N–H and O–H groups in total. The highest BCUT2D eigenvalue weighted by Crippen LogP contribution is 2.28. The Morgan fingerprint density at radius 3 is 2.39 bits per heavy atom. The lowest BCUT2D eigenvalue weighted by atomic mass is 9.80. The smallest absolute Gasteiger partial charge is 0.315 e. The number of piperidine rings is 1. The van der Waals surface area contributed by atoms with Gasteiger partial charge in [-0.1, -0.05) is 24.3 Å². The maximum absolute atomic E-state index is 13.1. The minimum Gasteiger partial charge on any atom is -0.497 e.